The van der Waals surface area contributed by atoms with Gasteiger partial charge in [0.05, 0.1) is 5.56 Å². The van der Waals surface area contributed by atoms with Crippen molar-refractivity contribution in [3.63, 3.8) is 0 Å². The summed E-state index contributed by atoms with van der Waals surface area (Å²) in [6.45, 7) is 0. The number of hydrogen-bond acceptors (Lipinski definition) is 4. The van der Waals surface area contributed by atoms with Crippen molar-refractivity contribution in [3.05, 3.63) is 51.9 Å². The number of nitrogens with one attached hydrogen (secondary N) is 1. The average molecular weight is 340 g/mol. The predicted octanol–water partition coefficient (Wildman–Crippen LogP) is 4.17. The molecule has 0 saturated heterocycles. The minimum absolute atomic E-state index is 0.0702. The van der Waals surface area contributed by atoms with Gasteiger partial charge in [0, 0.05) is 34.5 Å². The Labute approximate surface area is 145 Å². The number of amides is 1. The number of benzene rings is 1. The standard InChI is InChI=1S/C19H20N2O2S/c1-21(2)14-4-6-18-16(10-14)15-9-13(3-5-17(15)23-18)20-19(22)12-7-8-24-11-12/h3,5,7-9,11,14H,4,6,10H2,1-2H3,(H,20,22). The number of carbonyl (C=O) groups is 1. The van der Waals surface area contributed by atoms with Gasteiger partial charge in [0.2, 0.25) is 0 Å². The summed E-state index contributed by atoms with van der Waals surface area (Å²) >= 11 is 1.52. The van der Waals surface area contributed by atoms with Crippen LogP contribution in [0.2, 0.25) is 0 Å². The maximum atomic E-state index is 12.2. The molecule has 5 heteroatoms. The van der Waals surface area contributed by atoms with Crippen LogP contribution in [0.25, 0.3) is 11.0 Å². The van der Waals surface area contributed by atoms with Crippen LogP contribution in [0.1, 0.15) is 28.1 Å². The van der Waals surface area contributed by atoms with E-state index in [0.717, 1.165) is 41.7 Å². The lowest BCUT2D eigenvalue weighted by Gasteiger charge is -2.27. The first-order valence-corrected chi connectivity index (χ1v) is 9.10. The number of furan rings is 1. The molecule has 1 aromatic carbocycles. The fourth-order valence-electron chi connectivity index (χ4n) is 3.38. The lowest BCUT2D eigenvalue weighted by atomic mass is 9.91. The van der Waals surface area contributed by atoms with Crippen molar-refractivity contribution in [2.75, 3.05) is 19.4 Å². The molecule has 1 aliphatic carbocycles. The van der Waals surface area contributed by atoms with Crippen molar-refractivity contribution < 1.29 is 9.21 Å². The van der Waals surface area contributed by atoms with Crippen LogP contribution < -0.4 is 5.32 Å². The summed E-state index contributed by atoms with van der Waals surface area (Å²) in [5.41, 5.74) is 3.71. The summed E-state index contributed by atoms with van der Waals surface area (Å²) in [6.07, 6.45) is 3.10. The van der Waals surface area contributed by atoms with E-state index in [4.69, 9.17) is 4.42 Å². The molecular weight excluding hydrogens is 320 g/mol. The summed E-state index contributed by atoms with van der Waals surface area (Å²) in [5, 5.41) is 7.87. The summed E-state index contributed by atoms with van der Waals surface area (Å²) in [7, 11) is 4.26. The van der Waals surface area contributed by atoms with Crippen LogP contribution in [0.3, 0.4) is 0 Å². The fourth-order valence-corrected chi connectivity index (χ4v) is 4.01. The molecule has 2 aromatic heterocycles. The molecule has 0 aliphatic heterocycles. The highest BCUT2D eigenvalue weighted by atomic mass is 32.1. The van der Waals surface area contributed by atoms with Crippen LogP contribution in [-0.2, 0) is 12.8 Å². The number of likely N-dealkylation sites (N-methyl/N-ethyl adjacent to an activating group) is 1. The molecule has 24 heavy (non-hydrogen) atoms. The molecule has 0 spiro atoms. The van der Waals surface area contributed by atoms with E-state index >= 15 is 0 Å². The Hall–Kier alpha value is -2.11. The number of hydrogen-bond donors (Lipinski definition) is 1. The van der Waals surface area contributed by atoms with Crippen LogP contribution >= 0.6 is 11.3 Å². The summed E-state index contributed by atoms with van der Waals surface area (Å²) in [6, 6.07) is 8.29. The number of rotatable bonds is 3. The van der Waals surface area contributed by atoms with E-state index in [2.05, 4.69) is 24.3 Å². The summed E-state index contributed by atoms with van der Waals surface area (Å²) in [5.74, 6) is 1.03. The van der Waals surface area contributed by atoms with Gasteiger partial charge in [0.25, 0.3) is 5.91 Å². The summed E-state index contributed by atoms with van der Waals surface area (Å²) in [4.78, 5) is 14.5. The van der Waals surface area contributed by atoms with Gasteiger partial charge in [-0.1, -0.05) is 0 Å². The quantitative estimate of drug-likeness (QED) is 0.778. The van der Waals surface area contributed by atoms with Gasteiger partial charge in [0.15, 0.2) is 0 Å². The maximum absolute atomic E-state index is 12.2. The Morgan fingerprint density at radius 1 is 1.33 bits per heavy atom. The van der Waals surface area contributed by atoms with E-state index in [-0.39, 0.29) is 5.91 Å². The van der Waals surface area contributed by atoms with Crippen molar-refractivity contribution in [2.24, 2.45) is 0 Å². The second kappa shape index (κ2) is 6.07. The topological polar surface area (TPSA) is 45.5 Å². The first kappa shape index (κ1) is 15.4. The Balaban J connectivity index is 1.65. The zero-order valence-electron chi connectivity index (χ0n) is 13.8. The fraction of sp³-hybridized carbons (Fsp3) is 0.316. The number of thiophene rings is 1. The molecule has 1 unspecified atom stereocenters. The highest BCUT2D eigenvalue weighted by Crippen LogP contribution is 2.34. The van der Waals surface area contributed by atoms with Crippen LogP contribution in [0.15, 0.2) is 39.4 Å². The summed E-state index contributed by atoms with van der Waals surface area (Å²) < 4.78 is 6.02. The lowest BCUT2D eigenvalue weighted by Crippen LogP contribution is -2.33. The van der Waals surface area contributed by atoms with E-state index in [1.807, 2.05) is 35.0 Å². The van der Waals surface area contributed by atoms with Gasteiger partial charge in [-0.25, -0.2) is 0 Å². The number of aryl methyl sites for hydroxylation is 1. The minimum atomic E-state index is -0.0702. The van der Waals surface area contributed by atoms with Gasteiger partial charge in [-0.05, 0) is 56.6 Å². The largest absolute Gasteiger partial charge is 0.461 e. The Bertz CT molecular complexity index is 880. The van der Waals surface area contributed by atoms with Gasteiger partial charge in [-0.2, -0.15) is 11.3 Å². The van der Waals surface area contributed by atoms with Gasteiger partial charge in [-0.3, -0.25) is 4.79 Å². The van der Waals surface area contributed by atoms with Crippen LogP contribution in [-0.4, -0.2) is 30.9 Å². The van der Waals surface area contributed by atoms with Crippen molar-refractivity contribution in [1.29, 1.82) is 0 Å². The molecule has 4 rings (SSSR count). The number of nitrogens with zero attached hydrogens (tertiary/aromatic N) is 1. The second-order valence-electron chi connectivity index (χ2n) is 6.54. The van der Waals surface area contributed by atoms with Crippen molar-refractivity contribution in [2.45, 2.75) is 25.3 Å². The molecule has 0 bridgehead atoms. The van der Waals surface area contributed by atoms with E-state index in [1.54, 1.807) is 0 Å². The third-order valence-electron chi connectivity index (χ3n) is 4.79. The van der Waals surface area contributed by atoms with E-state index < -0.39 is 0 Å². The monoisotopic (exact) mass is 340 g/mol. The molecule has 0 fully saturated rings. The van der Waals surface area contributed by atoms with Crippen molar-refractivity contribution in [3.8, 4) is 0 Å². The molecule has 2 heterocycles. The molecule has 124 valence electrons. The SMILES string of the molecule is CN(C)C1CCc2oc3ccc(NC(=O)c4ccsc4)cc3c2C1. The molecule has 1 atom stereocenters. The number of carbonyl (C=O) groups excluding carboxylic acids is 1. The van der Waals surface area contributed by atoms with Crippen LogP contribution in [0.4, 0.5) is 5.69 Å². The van der Waals surface area contributed by atoms with Crippen LogP contribution in [0.5, 0.6) is 0 Å². The average Bonchev–Trinajstić information content (AvgIpc) is 3.21. The molecule has 1 N–H and O–H groups in total. The lowest BCUT2D eigenvalue weighted by molar-refractivity contribution is 0.102. The third-order valence-corrected chi connectivity index (χ3v) is 5.47. The van der Waals surface area contributed by atoms with Gasteiger partial charge >= 0.3 is 0 Å². The van der Waals surface area contributed by atoms with Crippen LogP contribution in [0, 0.1) is 0 Å². The van der Waals surface area contributed by atoms with Crippen molar-refractivity contribution in [1.82, 2.24) is 4.90 Å². The normalized spacial score (nSPS) is 17.2. The first-order valence-electron chi connectivity index (χ1n) is 8.16. The first-order chi connectivity index (χ1) is 11.6. The van der Waals surface area contributed by atoms with E-state index in [1.165, 1.54) is 16.9 Å². The van der Waals surface area contributed by atoms with Gasteiger partial charge in [-0.15, -0.1) is 0 Å². The number of anilines is 1. The van der Waals surface area contributed by atoms with Crippen molar-refractivity contribution >= 4 is 33.9 Å². The van der Waals surface area contributed by atoms with Gasteiger partial charge < -0.3 is 14.6 Å². The highest BCUT2D eigenvalue weighted by molar-refractivity contribution is 7.08. The van der Waals surface area contributed by atoms with E-state index in [0.29, 0.717) is 11.6 Å². The molecule has 0 radical (unpaired) electrons. The Kier molecular flexibility index (Phi) is 3.90. The Morgan fingerprint density at radius 3 is 2.96 bits per heavy atom. The molecule has 1 amide bonds. The maximum Gasteiger partial charge on any atom is 0.256 e. The smallest absolute Gasteiger partial charge is 0.256 e. The molecular formula is C19H20N2O2S. The molecule has 0 saturated carbocycles. The molecule has 4 nitrogen and oxygen atoms in total. The number of fused-ring (bicyclic) bond motifs is 3. The van der Waals surface area contributed by atoms with Gasteiger partial charge in [0.1, 0.15) is 11.3 Å². The second-order valence-corrected chi connectivity index (χ2v) is 7.32. The molecule has 3 aromatic rings. The van der Waals surface area contributed by atoms with E-state index in [9.17, 15) is 4.79 Å². The predicted molar refractivity (Wildman–Crippen MR) is 98.0 cm³/mol. The zero-order chi connectivity index (χ0) is 16.7. The zero-order valence-corrected chi connectivity index (χ0v) is 14.7. The third kappa shape index (κ3) is 2.74. The highest BCUT2D eigenvalue weighted by Gasteiger charge is 2.25. The minimum Gasteiger partial charge on any atom is -0.461 e. The molecule has 1 aliphatic rings. The Morgan fingerprint density at radius 2 is 2.21 bits per heavy atom.